The topological polar surface area (TPSA) is 68.1 Å². The van der Waals surface area contributed by atoms with Gasteiger partial charge in [0.25, 0.3) is 6.43 Å². The lowest BCUT2D eigenvalue weighted by Gasteiger charge is -2.36. The maximum atomic E-state index is 13.9. The number of hydrogen-bond acceptors (Lipinski definition) is 5. The molecular weight excluding hydrogens is 464 g/mol. The highest BCUT2D eigenvalue weighted by Gasteiger charge is 2.43. The van der Waals surface area contributed by atoms with Gasteiger partial charge in [-0.15, -0.1) is 5.17 Å². The zero-order chi connectivity index (χ0) is 25.7. The number of hydrogen-bond donors (Lipinski definition) is 3. The van der Waals surface area contributed by atoms with Gasteiger partial charge in [-0.2, -0.15) is 13.2 Å². The number of benzene rings is 2. The van der Waals surface area contributed by atoms with Crippen molar-refractivity contribution in [2.24, 2.45) is 4.99 Å². The molecule has 5 nitrogen and oxygen atoms in total. The molecule has 11 heteroatoms. The minimum Gasteiger partial charge on any atom is -0.386 e. The molecular formula is C23H27F6N3O2. The molecule has 0 aliphatic heterocycles. The Kier molecular flexibility index (Phi) is 9.09. The molecule has 0 saturated carbocycles. The highest BCUT2D eigenvalue weighted by Crippen LogP contribution is 2.37. The minimum absolute atomic E-state index is 0.0467. The molecule has 0 saturated heterocycles. The quantitative estimate of drug-likeness (QED) is 0.231. The minimum atomic E-state index is -4.60. The largest absolute Gasteiger partial charge is 0.416 e. The van der Waals surface area contributed by atoms with Crippen LogP contribution in [0.25, 0.3) is 0 Å². The van der Waals surface area contributed by atoms with E-state index in [1.807, 2.05) is 0 Å². The molecule has 34 heavy (non-hydrogen) atoms. The molecule has 3 N–H and O–H groups in total. The van der Waals surface area contributed by atoms with Crippen LogP contribution in [0.5, 0.6) is 0 Å². The first-order chi connectivity index (χ1) is 15.9. The highest BCUT2D eigenvalue weighted by atomic mass is 19.4. The van der Waals surface area contributed by atoms with E-state index in [0.29, 0.717) is 16.3 Å². The standard InChI is InChI=1S/C23H27F6N3O2/c1-4-22(20(33)21(25)26,15-6-8-16(9-7-15)23(27,28)29)13-30-12-18-14(3)10-17(24)11-19(18)31-32(34)5-2/h6-12,20-21,31,33-34H,4-5,13H2,1-3H3. The number of hydroxylamine groups is 1. The van der Waals surface area contributed by atoms with Gasteiger partial charge < -0.3 is 5.11 Å². The fourth-order valence-corrected chi connectivity index (χ4v) is 3.65. The van der Waals surface area contributed by atoms with E-state index in [4.69, 9.17) is 0 Å². The summed E-state index contributed by atoms with van der Waals surface area (Å²) in [5.74, 6) is -0.581. The zero-order valence-corrected chi connectivity index (χ0v) is 18.9. The lowest BCUT2D eigenvalue weighted by atomic mass is 9.73. The summed E-state index contributed by atoms with van der Waals surface area (Å²) in [5, 5.41) is 20.8. The summed E-state index contributed by atoms with van der Waals surface area (Å²) in [5.41, 5.74) is 0.988. The van der Waals surface area contributed by atoms with E-state index >= 15 is 0 Å². The van der Waals surface area contributed by atoms with Crippen LogP contribution in [-0.4, -0.2) is 47.3 Å². The van der Waals surface area contributed by atoms with Gasteiger partial charge in [-0.05, 0) is 55.7 Å². The average Bonchev–Trinajstić information content (AvgIpc) is 2.77. The van der Waals surface area contributed by atoms with Crippen LogP contribution in [0.3, 0.4) is 0 Å². The van der Waals surface area contributed by atoms with Crippen molar-refractivity contribution in [3.8, 4) is 0 Å². The summed E-state index contributed by atoms with van der Waals surface area (Å²) in [6, 6.07) is 6.01. The number of aliphatic hydroxyl groups excluding tert-OH is 1. The molecule has 0 aromatic heterocycles. The summed E-state index contributed by atoms with van der Waals surface area (Å²) in [7, 11) is 0. The molecule has 0 aliphatic rings. The number of alkyl halides is 5. The highest BCUT2D eigenvalue weighted by molar-refractivity contribution is 5.89. The molecule has 0 heterocycles. The SMILES string of the molecule is CCN(O)Nc1cc(F)cc(C)c1C=NCC(CC)(c1ccc(C(F)(F)F)cc1)C(O)C(F)F. The predicted octanol–water partition coefficient (Wildman–Crippen LogP) is 5.58. The van der Waals surface area contributed by atoms with Crippen molar-refractivity contribution in [1.82, 2.24) is 5.17 Å². The number of anilines is 1. The van der Waals surface area contributed by atoms with Gasteiger partial charge in [0, 0.05) is 23.7 Å². The van der Waals surface area contributed by atoms with Gasteiger partial charge in [-0.1, -0.05) is 19.1 Å². The summed E-state index contributed by atoms with van der Waals surface area (Å²) < 4.78 is 79.9. The summed E-state index contributed by atoms with van der Waals surface area (Å²) >= 11 is 0. The van der Waals surface area contributed by atoms with Crippen LogP contribution in [0.2, 0.25) is 0 Å². The summed E-state index contributed by atoms with van der Waals surface area (Å²) in [4.78, 5) is 4.22. The first kappa shape index (κ1) is 27.6. The third-order valence-electron chi connectivity index (χ3n) is 5.72. The van der Waals surface area contributed by atoms with Gasteiger partial charge in [0.05, 0.1) is 17.8 Å². The number of nitrogens with one attached hydrogen (secondary N) is 1. The Morgan fingerprint density at radius 2 is 1.68 bits per heavy atom. The van der Waals surface area contributed by atoms with Crippen LogP contribution in [-0.2, 0) is 11.6 Å². The monoisotopic (exact) mass is 491 g/mol. The number of nitrogens with zero attached hydrogens (tertiary/aromatic N) is 2. The smallest absolute Gasteiger partial charge is 0.386 e. The molecule has 0 fully saturated rings. The Hall–Kier alpha value is -2.63. The van der Waals surface area contributed by atoms with E-state index in [2.05, 4.69) is 10.4 Å². The molecule has 2 aromatic carbocycles. The third-order valence-corrected chi connectivity index (χ3v) is 5.72. The molecule has 0 bridgehead atoms. The second kappa shape index (κ2) is 11.2. The lowest BCUT2D eigenvalue weighted by Crippen LogP contribution is -2.46. The van der Waals surface area contributed by atoms with Crippen LogP contribution in [0.15, 0.2) is 41.4 Å². The van der Waals surface area contributed by atoms with Gasteiger partial charge in [-0.3, -0.25) is 15.6 Å². The van der Waals surface area contributed by atoms with Crippen molar-refractivity contribution in [1.29, 1.82) is 0 Å². The van der Waals surface area contributed by atoms with Crippen molar-refractivity contribution < 1.29 is 36.7 Å². The third kappa shape index (κ3) is 6.28. The van der Waals surface area contributed by atoms with Crippen molar-refractivity contribution in [2.75, 3.05) is 18.5 Å². The number of halogens is 6. The number of hydrazine groups is 1. The Labute approximate surface area is 193 Å². The van der Waals surface area contributed by atoms with Crippen molar-refractivity contribution in [3.05, 3.63) is 64.5 Å². The molecule has 2 unspecified atom stereocenters. The molecule has 188 valence electrons. The second-order valence-corrected chi connectivity index (χ2v) is 7.85. The first-order valence-corrected chi connectivity index (χ1v) is 10.5. The van der Waals surface area contributed by atoms with E-state index in [1.165, 1.54) is 19.2 Å². The van der Waals surface area contributed by atoms with Gasteiger partial charge in [0.15, 0.2) is 0 Å². The van der Waals surface area contributed by atoms with E-state index in [1.54, 1.807) is 13.8 Å². The van der Waals surface area contributed by atoms with Gasteiger partial charge in [-0.25, -0.2) is 13.2 Å². The lowest BCUT2D eigenvalue weighted by molar-refractivity contribution is -0.137. The molecule has 0 aliphatic carbocycles. The Morgan fingerprint density at radius 1 is 1.09 bits per heavy atom. The maximum Gasteiger partial charge on any atom is 0.416 e. The van der Waals surface area contributed by atoms with E-state index in [0.717, 1.165) is 30.3 Å². The Balaban J connectivity index is 2.48. The average molecular weight is 491 g/mol. The van der Waals surface area contributed by atoms with Crippen molar-refractivity contribution in [2.45, 2.75) is 51.3 Å². The number of aryl methyl sites for hydroxylation is 1. The number of rotatable bonds is 10. The Morgan fingerprint density at radius 3 is 2.18 bits per heavy atom. The van der Waals surface area contributed by atoms with Gasteiger partial charge in [0.1, 0.15) is 11.9 Å². The molecule has 0 spiro atoms. The second-order valence-electron chi connectivity index (χ2n) is 7.85. The van der Waals surface area contributed by atoms with E-state index in [9.17, 15) is 36.7 Å². The van der Waals surface area contributed by atoms with E-state index < -0.39 is 35.5 Å². The number of aliphatic hydroxyl groups is 1. The van der Waals surface area contributed by atoms with Crippen LogP contribution in [0.1, 0.15) is 42.5 Å². The normalized spacial score (nSPS) is 15.2. The van der Waals surface area contributed by atoms with Crippen LogP contribution < -0.4 is 5.43 Å². The van der Waals surface area contributed by atoms with Gasteiger partial charge in [0.2, 0.25) is 0 Å². The van der Waals surface area contributed by atoms with Crippen LogP contribution in [0.4, 0.5) is 32.0 Å². The predicted molar refractivity (Wildman–Crippen MR) is 117 cm³/mol. The van der Waals surface area contributed by atoms with Gasteiger partial charge >= 0.3 is 6.18 Å². The summed E-state index contributed by atoms with van der Waals surface area (Å²) in [6.07, 6.45) is -8.74. The van der Waals surface area contributed by atoms with Crippen molar-refractivity contribution in [3.63, 3.8) is 0 Å². The molecule has 2 atom stereocenters. The van der Waals surface area contributed by atoms with Crippen LogP contribution >= 0.6 is 0 Å². The summed E-state index contributed by atoms with van der Waals surface area (Å²) in [6.45, 7) is 4.53. The number of aliphatic imine (C=N–C) groups is 1. The fraction of sp³-hybridized carbons (Fsp3) is 0.435. The molecule has 2 rings (SSSR count). The first-order valence-electron chi connectivity index (χ1n) is 10.5. The Bertz CT molecular complexity index is 982. The zero-order valence-electron chi connectivity index (χ0n) is 18.9. The van der Waals surface area contributed by atoms with E-state index in [-0.39, 0.29) is 30.8 Å². The molecule has 0 radical (unpaired) electrons. The molecule has 2 aromatic rings. The van der Waals surface area contributed by atoms with Crippen LogP contribution in [0, 0.1) is 12.7 Å². The van der Waals surface area contributed by atoms with Crippen molar-refractivity contribution >= 4 is 11.9 Å². The fourth-order valence-electron chi connectivity index (χ4n) is 3.65. The maximum absolute atomic E-state index is 13.9. The molecule has 0 amide bonds.